The van der Waals surface area contributed by atoms with E-state index in [1.807, 2.05) is 21.8 Å². The minimum atomic E-state index is 0.319. The SMILES string of the molecule is CC(Cn1cccn1)NCCCN1CCCC1=O. The Morgan fingerprint density at radius 3 is 3.11 bits per heavy atom. The summed E-state index contributed by atoms with van der Waals surface area (Å²) in [5.74, 6) is 0.319. The predicted molar refractivity (Wildman–Crippen MR) is 70.1 cm³/mol. The molecule has 1 N–H and O–H groups in total. The molecule has 1 atom stereocenters. The Morgan fingerprint density at radius 1 is 1.56 bits per heavy atom. The zero-order chi connectivity index (χ0) is 12.8. The van der Waals surface area contributed by atoms with E-state index in [9.17, 15) is 4.79 Å². The molecule has 0 saturated carbocycles. The molecule has 2 rings (SSSR count). The topological polar surface area (TPSA) is 50.2 Å². The molecule has 1 amide bonds. The number of aromatic nitrogens is 2. The van der Waals surface area contributed by atoms with Crippen molar-refractivity contribution < 1.29 is 4.79 Å². The van der Waals surface area contributed by atoms with Gasteiger partial charge in [0.1, 0.15) is 0 Å². The number of nitrogens with one attached hydrogen (secondary N) is 1. The van der Waals surface area contributed by atoms with Crippen molar-refractivity contribution in [1.29, 1.82) is 0 Å². The monoisotopic (exact) mass is 250 g/mol. The molecule has 0 radical (unpaired) electrons. The molecule has 100 valence electrons. The normalized spacial score (nSPS) is 17.4. The van der Waals surface area contributed by atoms with Crippen molar-refractivity contribution in [3.05, 3.63) is 18.5 Å². The van der Waals surface area contributed by atoms with Crippen LogP contribution in [0.5, 0.6) is 0 Å². The van der Waals surface area contributed by atoms with Crippen molar-refractivity contribution in [2.45, 2.75) is 38.8 Å². The third kappa shape index (κ3) is 3.84. The number of likely N-dealkylation sites (tertiary alicyclic amines) is 1. The lowest BCUT2D eigenvalue weighted by Crippen LogP contribution is -2.34. The Morgan fingerprint density at radius 2 is 2.44 bits per heavy atom. The Labute approximate surface area is 108 Å². The van der Waals surface area contributed by atoms with Crippen LogP contribution < -0.4 is 5.32 Å². The minimum absolute atomic E-state index is 0.319. The molecule has 0 spiro atoms. The van der Waals surface area contributed by atoms with Gasteiger partial charge in [0.15, 0.2) is 0 Å². The molecule has 5 nitrogen and oxygen atoms in total. The molecule has 5 heteroatoms. The van der Waals surface area contributed by atoms with Gasteiger partial charge in [0.2, 0.25) is 5.91 Å². The highest BCUT2D eigenvalue weighted by atomic mass is 16.2. The number of hydrogen-bond donors (Lipinski definition) is 1. The third-order valence-electron chi connectivity index (χ3n) is 3.29. The maximum Gasteiger partial charge on any atom is 0.222 e. The van der Waals surface area contributed by atoms with E-state index in [2.05, 4.69) is 17.3 Å². The number of carbonyl (C=O) groups is 1. The van der Waals surface area contributed by atoms with Crippen molar-refractivity contribution >= 4 is 5.91 Å². The van der Waals surface area contributed by atoms with Crippen LogP contribution in [0, 0.1) is 0 Å². The molecule has 1 aromatic heterocycles. The molecule has 1 unspecified atom stereocenters. The molecule has 1 aliphatic rings. The maximum absolute atomic E-state index is 11.4. The van der Waals surface area contributed by atoms with Crippen LogP contribution in [-0.2, 0) is 11.3 Å². The first kappa shape index (κ1) is 13.1. The lowest BCUT2D eigenvalue weighted by molar-refractivity contribution is -0.127. The van der Waals surface area contributed by atoms with E-state index in [0.717, 1.165) is 45.4 Å². The van der Waals surface area contributed by atoms with Gasteiger partial charge in [-0.1, -0.05) is 0 Å². The van der Waals surface area contributed by atoms with E-state index in [0.29, 0.717) is 11.9 Å². The van der Waals surface area contributed by atoms with Crippen LogP contribution in [-0.4, -0.2) is 46.3 Å². The fourth-order valence-corrected chi connectivity index (χ4v) is 2.31. The van der Waals surface area contributed by atoms with Gasteiger partial charge >= 0.3 is 0 Å². The average molecular weight is 250 g/mol. The number of rotatable bonds is 7. The van der Waals surface area contributed by atoms with Crippen LogP contribution in [0.3, 0.4) is 0 Å². The summed E-state index contributed by atoms with van der Waals surface area (Å²) in [6.07, 6.45) is 6.56. The number of carbonyl (C=O) groups excluding carboxylic acids is 1. The van der Waals surface area contributed by atoms with Gasteiger partial charge in [-0.15, -0.1) is 0 Å². The van der Waals surface area contributed by atoms with E-state index in [1.165, 1.54) is 0 Å². The summed E-state index contributed by atoms with van der Waals surface area (Å²) in [4.78, 5) is 13.4. The van der Waals surface area contributed by atoms with Gasteiger partial charge in [-0.25, -0.2) is 0 Å². The summed E-state index contributed by atoms with van der Waals surface area (Å²) < 4.78 is 1.93. The summed E-state index contributed by atoms with van der Waals surface area (Å²) >= 11 is 0. The summed E-state index contributed by atoms with van der Waals surface area (Å²) in [5.41, 5.74) is 0. The van der Waals surface area contributed by atoms with E-state index in [1.54, 1.807) is 6.20 Å². The van der Waals surface area contributed by atoms with Gasteiger partial charge in [-0.05, 0) is 32.4 Å². The summed E-state index contributed by atoms with van der Waals surface area (Å²) in [6.45, 7) is 5.83. The van der Waals surface area contributed by atoms with E-state index < -0.39 is 0 Å². The molecule has 0 bridgehead atoms. The third-order valence-corrected chi connectivity index (χ3v) is 3.29. The van der Waals surface area contributed by atoms with Crippen LogP contribution in [0.25, 0.3) is 0 Å². The molecule has 1 fully saturated rings. The van der Waals surface area contributed by atoms with Crippen LogP contribution >= 0.6 is 0 Å². The lowest BCUT2D eigenvalue weighted by Gasteiger charge is -2.17. The van der Waals surface area contributed by atoms with Gasteiger partial charge < -0.3 is 10.2 Å². The molecule has 1 saturated heterocycles. The minimum Gasteiger partial charge on any atom is -0.343 e. The van der Waals surface area contributed by atoms with Crippen molar-refractivity contribution in [2.75, 3.05) is 19.6 Å². The first-order chi connectivity index (χ1) is 8.75. The molecule has 0 aromatic carbocycles. The highest BCUT2D eigenvalue weighted by molar-refractivity contribution is 5.77. The van der Waals surface area contributed by atoms with Gasteiger partial charge in [0.05, 0.1) is 6.54 Å². The number of amides is 1. The standard InChI is InChI=1S/C13H22N4O/c1-12(11-17-10-4-7-15-17)14-6-3-9-16-8-2-5-13(16)18/h4,7,10,12,14H,2-3,5-6,8-9,11H2,1H3. The molecule has 1 aromatic rings. The zero-order valence-corrected chi connectivity index (χ0v) is 11.0. The van der Waals surface area contributed by atoms with Crippen molar-refractivity contribution in [1.82, 2.24) is 20.0 Å². The predicted octanol–water partition coefficient (Wildman–Crippen LogP) is 0.874. The first-order valence-corrected chi connectivity index (χ1v) is 6.74. The van der Waals surface area contributed by atoms with Crippen molar-refractivity contribution in [2.24, 2.45) is 0 Å². The smallest absolute Gasteiger partial charge is 0.222 e. The second-order valence-corrected chi connectivity index (χ2v) is 4.92. The fourth-order valence-electron chi connectivity index (χ4n) is 2.31. The second kappa shape index (κ2) is 6.54. The maximum atomic E-state index is 11.4. The van der Waals surface area contributed by atoms with Crippen molar-refractivity contribution in [3.63, 3.8) is 0 Å². The van der Waals surface area contributed by atoms with E-state index in [-0.39, 0.29) is 0 Å². The Bertz CT molecular complexity index is 363. The molecule has 1 aliphatic heterocycles. The Balaban J connectivity index is 1.56. The Kier molecular flexibility index (Phi) is 4.75. The molecule has 2 heterocycles. The second-order valence-electron chi connectivity index (χ2n) is 4.92. The number of hydrogen-bond acceptors (Lipinski definition) is 3. The van der Waals surface area contributed by atoms with Gasteiger partial charge in [0, 0.05) is 37.9 Å². The van der Waals surface area contributed by atoms with Gasteiger partial charge in [-0.3, -0.25) is 9.48 Å². The number of nitrogens with zero attached hydrogens (tertiary/aromatic N) is 3. The largest absolute Gasteiger partial charge is 0.343 e. The van der Waals surface area contributed by atoms with Gasteiger partial charge in [0.25, 0.3) is 0 Å². The van der Waals surface area contributed by atoms with E-state index >= 15 is 0 Å². The molecular formula is C13H22N4O. The highest BCUT2D eigenvalue weighted by Gasteiger charge is 2.18. The Hall–Kier alpha value is -1.36. The quantitative estimate of drug-likeness (QED) is 0.731. The molecular weight excluding hydrogens is 228 g/mol. The van der Waals surface area contributed by atoms with E-state index in [4.69, 9.17) is 0 Å². The molecule has 0 aliphatic carbocycles. The average Bonchev–Trinajstić information content (AvgIpc) is 2.97. The molecule has 18 heavy (non-hydrogen) atoms. The fraction of sp³-hybridized carbons (Fsp3) is 0.692. The highest BCUT2D eigenvalue weighted by Crippen LogP contribution is 2.09. The van der Waals surface area contributed by atoms with Crippen molar-refractivity contribution in [3.8, 4) is 0 Å². The summed E-state index contributed by atoms with van der Waals surface area (Å²) in [7, 11) is 0. The van der Waals surface area contributed by atoms with Crippen LogP contribution in [0.15, 0.2) is 18.5 Å². The summed E-state index contributed by atoms with van der Waals surface area (Å²) in [6, 6.07) is 2.34. The zero-order valence-electron chi connectivity index (χ0n) is 11.0. The van der Waals surface area contributed by atoms with Crippen LogP contribution in [0.1, 0.15) is 26.2 Å². The van der Waals surface area contributed by atoms with Crippen LogP contribution in [0.2, 0.25) is 0 Å². The first-order valence-electron chi connectivity index (χ1n) is 6.74. The lowest BCUT2D eigenvalue weighted by atomic mass is 10.3. The van der Waals surface area contributed by atoms with Gasteiger partial charge in [-0.2, -0.15) is 5.10 Å². The van der Waals surface area contributed by atoms with Crippen LogP contribution in [0.4, 0.5) is 0 Å². The summed E-state index contributed by atoms with van der Waals surface area (Å²) in [5, 5.41) is 7.64.